The predicted octanol–water partition coefficient (Wildman–Crippen LogP) is -0.315. The zero-order valence-corrected chi connectivity index (χ0v) is 11.7. The van der Waals surface area contributed by atoms with Gasteiger partial charge in [0, 0.05) is 6.04 Å². The van der Waals surface area contributed by atoms with E-state index in [0.717, 1.165) is 31.5 Å². The van der Waals surface area contributed by atoms with Gasteiger partial charge in [0.05, 0.1) is 17.8 Å². The molecule has 6 nitrogen and oxygen atoms in total. The summed E-state index contributed by atoms with van der Waals surface area (Å²) in [5, 5.41) is 28.2. The highest BCUT2D eigenvalue weighted by molar-refractivity contribution is 5.83. The molecule has 1 aliphatic carbocycles. The molecule has 0 aromatic heterocycles. The van der Waals surface area contributed by atoms with Crippen LogP contribution in [0.2, 0.25) is 0 Å². The summed E-state index contributed by atoms with van der Waals surface area (Å²) in [4.78, 5) is 16.0. The molecule has 1 saturated heterocycles. The maximum atomic E-state index is 12.2. The van der Waals surface area contributed by atoms with Crippen molar-refractivity contribution in [3.8, 4) is 0 Å². The van der Waals surface area contributed by atoms with Crippen LogP contribution in [0.4, 0.5) is 0 Å². The number of hydrogen-bond acceptors (Lipinski definition) is 5. The normalized spacial score (nSPS) is 44.4. The highest BCUT2D eigenvalue weighted by atomic mass is 16.4. The topological polar surface area (TPSA) is 96.8 Å². The van der Waals surface area contributed by atoms with Gasteiger partial charge in [-0.25, -0.2) is 0 Å². The second kappa shape index (κ2) is 5.33. The number of amidine groups is 1. The first-order chi connectivity index (χ1) is 9.56. The lowest BCUT2D eigenvalue weighted by molar-refractivity contribution is -0.440. The number of nitrogens with zero attached hydrogens (tertiary/aromatic N) is 1. The van der Waals surface area contributed by atoms with Gasteiger partial charge < -0.3 is 15.5 Å². The first-order valence-electron chi connectivity index (χ1n) is 7.52. The molecule has 1 saturated carbocycles. The lowest BCUT2D eigenvalue weighted by Crippen LogP contribution is -2.62. The molecule has 0 aromatic rings. The molecule has 6 unspecified atom stereocenters. The Bertz CT molecular complexity index is 426. The standard InChI is InChI=1S/C14H22N3O3/c1-7-15-12-9(14(19)20)6-10(17-13(12)16-7)8-4-2-3-5-11(8)18/h8-13,17H,2-6H2,1H3,(H,15,16)(H,19,20)/q-1. The number of aliphatic carboxylic acids is 1. The van der Waals surface area contributed by atoms with Crippen LogP contribution < -0.4 is 15.7 Å². The fourth-order valence-electron chi connectivity index (χ4n) is 3.95. The zero-order chi connectivity index (χ0) is 14.3. The van der Waals surface area contributed by atoms with E-state index in [2.05, 4.69) is 15.6 Å². The van der Waals surface area contributed by atoms with Crippen molar-refractivity contribution in [2.75, 3.05) is 0 Å². The van der Waals surface area contributed by atoms with Gasteiger partial charge in [-0.15, -0.1) is 6.10 Å². The molecule has 3 N–H and O–H groups in total. The molecule has 20 heavy (non-hydrogen) atoms. The van der Waals surface area contributed by atoms with Gasteiger partial charge in [-0.1, -0.05) is 19.3 Å². The van der Waals surface area contributed by atoms with E-state index in [9.17, 15) is 15.0 Å². The average molecular weight is 280 g/mol. The van der Waals surface area contributed by atoms with E-state index in [1.54, 1.807) is 0 Å². The number of fused-ring (bicyclic) bond motifs is 1. The van der Waals surface area contributed by atoms with Gasteiger partial charge in [-0.2, -0.15) is 0 Å². The van der Waals surface area contributed by atoms with Crippen molar-refractivity contribution >= 4 is 11.8 Å². The third-order valence-corrected chi connectivity index (χ3v) is 4.96. The molecule has 6 atom stereocenters. The quantitative estimate of drug-likeness (QED) is 0.644. The second-order valence-electron chi connectivity index (χ2n) is 6.27. The van der Waals surface area contributed by atoms with Crippen LogP contribution in [0.15, 0.2) is 4.99 Å². The zero-order valence-electron chi connectivity index (χ0n) is 11.7. The van der Waals surface area contributed by atoms with Gasteiger partial charge in [0.2, 0.25) is 0 Å². The molecule has 112 valence electrons. The maximum Gasteiger partial charge on any atom is 0.308 e. The Labute approximate surface area is 118 Å². The van der Waals surface area contributed by atoms with Gasteiger partial charge >= 0.3 is 5.97 Å². The Morgan fingerprint density at radius 2 is 2.15 bits per heavy atom. The molecule has 0 spiro atoms. The summed E-state index contributed by atoms with van der Waals surface area (Å²) in [6.45, 7) is 1.85. The number of carbonyl (C=O) groups is 1. The van der Waals surface area contributed by atoms with Crippen molar-refractivity contribution in [2.45, 2.75) is 63.4 Å². The number of aliphatic imine (C=N–C) groups is 1. The minimum Gasteiger partial charge on any atom is -0.852 e. The van der Waals surface area contributed by atoms with Gasteiger partial charge in [-0.3, -0.25) is 15.1 Å². The monoisotopic (exact) mass is 280 g/mol. The van der Waals surface area contributed by atoms with E-state index in [-0.39, 0.29) is 24.2 Å². The van der Waals surface area contributed by atoms with Crippen molar-refractivity contribution in [3.63, 3.8) is 0 Å². The molecule has 0 radical (unpaired) electrons. The van der Waals surface area contributed by atoms with Gasteiger partial charge in [0.1, 0.15) is 6.17 Å². The molecule has 6 heteroatoms. The summed E-state index contributed by atoms with van der Waals surface area (Å²) >= 11 is 0. The molecule has 0 bridgehead atoms. The van der Waals surface area contributed by atoms with Gasteiger partial charge in [0.25, 0.3) is 0 Å². The van der Waals surface area contributed by atoms with E-state index in [1.165, 1.54) is 0 Å². The van der Waals surface area contributed by atoms with E-state index in [0.29, 0.717) is 6.42 Å². The summed E-state index contributed by atoms with van der Waals surface area (Å²) in [7, 11) is 0. The maximum absolute atomic E-state index is 12.2. The first-order valence-corrected chi connectivity index (χ1v) is 7.52. The van der Waals surface area contributed by atoms with E-state index in [4.69, 9.17) is 0 Å². The number of piperidine rings is 1. The largest absolute Gasteiger partial charge is 0.852 e. The lowest BCUT2D eigenvalue weighted by Gasteiger charge is -2.46. The summed E-state index contributed by atoms with van der Waals surface area (Å²) in [5.74, 6) is -0.437. The third kappa shape index (κ3) is 2.42. The third-order valence-electron chi connectivity index (χ3n) is 4.96. The Kier molecular flexibility index (Phi) is 3.69. The molecule has 2 aliphatic heterocycles. The number of carboxylic acids is 1. The smallest absolute Gasteiger partial charge is 0.308 e. The van der Waals surface area contributed by atoms with Crippen molar-refractivity contribution in [3.05, 3.63) is 0 Å². The van der Waals surface area contributed by atoms with Crippen LogP contribution in [0.3, 0.4) is 0 Å². The predicted molar refractivity (Wildman–Crippen MR) is 72.2 cm³/mol. The lowest BCUT2D eigenvalue weighted by atomic mass is 9.75. The minimum absolute atomic E-state index is 0.0170. The number of nitrogens with one attached hydrogen (secondary N) is 2. The molecule has 2 fully saturated rings. The van der Waals surface area contributed by atoms with Crippen LogP contribution in [-0.4, -0.2) is 41.3 Å². The van der Waals surface area contributed by atoms with E-state index >= 15 is 0 Å². The Balaban J connectivity index is 1.78. The van der Waals surface area contributed by atoms with E-state index < -0.39 is 18.0 Å². The molecule has 0 aromatic carbocycles. The van der Waals surface area contributed by atoms with Crippen LogP contribution in [-0.2, 0) is 4.79 Å². The number of carboxylic acid groups (broad SMARTS) is 1. The highest BCUT2D eigenvalue weighted by Gasteiger charge is 2.46. The molecule has 3 aliphatic rings. The molecule has 0 amide bonds. The Morgan fingerprint density at radius 1 is 1.40 bits per heavy atom. The van der Waals surface area contributed by atoms with Crippen LogP contribution in [0.1, 0.15) is 39.0 Å². The summed E-state index contributed by atoms with van der Waals surface area (Å²) in [6.07, 6.45) is 3.46. The van der Waals surface area contributed by atoms with Crippen LogP contribution in [0, 0.1) is 11.8 Å². The highest BCUT2D eigenvalue weighted by Crippen LogP contribution is 2.34. The van der Waals surface area contributed by atoms with Crippen LogP contribution in [0.5, 0.6) is 0 Å². The molecule has 2 heterocycles. The van der Waals surface area contributed by atoms with Crippen LogP contribution in [0.25, 0.3) is 0 Å². The Hall–Kier alpha value is -1.14. The number of rotatable bonds is 2. The molecular weight excluding hydrogens is 258 g/mol. The first kappa shape index (κ1) is 13.8. The fraction of sp³-hybridized carbons (Fsp3) is 0.857. The molecule has 3 rings (SSSR count). The van der Waals surface area contributed by atoms with Crippen LogP contribution >= 0.6 is 0 Å². The van der Waals surface area contributed by atoms with Crippen molar-refractivity contribution in [2.24, 2.45) is 16.8 Å². The summed E-state index contributed by atoms with van der Waals surface area (Å²) in [6, 6.07) is -0.200. The second-order valence-corrected chi connectivity index (χ2v) is 6.27. The summed E-state index contributed by atoms with van der Waals surface area (Å²) < 4.78 is 0. The number of hydrogen-bond donors (Lipinski definition) is 3. The van der Waals surface area contributed by atoms with Crippen molar-refractivity contribution < 1.29 is 15.0 Å². The molecular formula is C14H22N3O3-. The Morgan fingerprint density at radius 3 is 2.85 bits per heavy atom. The van der Waals surface area contributed by atoms with Gasteiger partial charge in [-0.05, 0) is 25.7 Å². The van der Waals surface area contributed by atoms with Crippen molar-refractivity contribution in [1.29, 1.82) is 0 Å². The minimum atomic E-state index is -0.790. The fourth-order valence-corrected chi connectivity index (χ4v) is 3.95. The van der Waals surface area contributed by atoms with Crippen molar-refractivity contribution in [1.82, 2.24) is 10.6 Å². The average Bonchev–Trinajstić information content (AvgIpc) is 2.77. The SMILES string of the molecule is CC1=NC2NC(C3CCCCC3[O-])CC(C(=O)O)C2N1. The van der Waals surface area contributed by atoms with E-state index in [1.807, 2.05) is 6.92 Å². The van der Waals surface area contributed by atoms with Gasteiger partial charge in [0.15, 0.2) is 0 Å². The summed E-state index contributed by atoms with van der Waals surface area (Å²) in [5.41, 5.74) is 0.